The van der Waals surface area contributed by atoms with Gasteiger partial charge >= 0.3 is 0 Å². The number of benzene rings is 1. The lowest BCUT2D eigenvalue weighted by molar-refractivity contribution is 0.100. The topological polar surface area (TPSA) is 72.9 Å². The minimum atomic E-state index is -0.475. The van der Waals surface area contributed by atoms with Gasteiger partial charge in [-0.15, -0.1) is 0 Å². The average molecular weight is 293 g/mol. The molecule has 2 rings (SSSR count). The molecule has 0 radical (unpaired) electrons. The lowest BCUT2D eigenvalue weighted by Gasteiger charge is -2.07. The first kappa shape index (κ1) is 14.6. The molecule has 1 aromatic carbocycles. The third-order valence-electron chi connectivity index (χ3n) is 3.08. The van der Waals surface area contributed by atoms with Crippen molar-refractivity contribution in [1.29, 1.82) is 0 Å². The molecule has 3 N–H and O–H groups in total. The van der Waals surface area contributed by atoms with Gasteiger partial charge in [-0.1, -0.05) is 17.7 Å². The molecule has 0 fully saturated rings. The van der Waals surface area contributed by atoms with Gasteiger partial charge in [0.15, 0.2) is 0 Å². The van der Waals surface area contributed by atoms with E-state index in [0.29, 0.717) is 23.7 Å². The first-order chi connectivity index (χ1) is 9.47. The van der Waals surface area contributed by atoms with Gasteiger partial charge < -0.3 is 11.1 Å². The van der Waals surface area contributed by atoms with E-state index in [1.807, 2.05) is 26.2 Å². The summed E-state index contributed by atoms with van der Waals surface area (Å²) in [5, 5.41) is 8.13. The summed E-state index contributed by atoms with van der Waals surface area (Å²) >= 11 is 6.13. The van der Waals surface area contributed by atoms with Crippen molar-refractivity contribution in [3.05, 3.63) is 51.8 Å². The van der Waals surface area contributed by atoms with Crippen LogP contribution in [0.5, 0.6) is 0 Å². The van der Waals surface area contributed by atoms with Gasteiger partial charge in [0.1, 0.15) is 0 Å². The molecule has 106 valence electrons. The Labute approximate surface area is 122 Å². The van der Waals surface area contributed by atoms with Gasteiger partial charge in [0.25, 0.3) is 0 Å². The molecule has 6 heteroatoms. The van der Waals surface area contributed by atoms with E-state index in [-0.39, 0.29) is 0 Å². The highest BCUT2D eigenvalue weighted by Crippen LogP contribution is 2.18. The minimum absolute atomic E-state index is 0.418. The van der Waals surface area contributed by atoms with Crippen molar-refractivity contribution in [2.75, 3.05) is 0 Å². The molecule has 5 nitrogen and oxygen atoms in total. The fraction of sp³-hybridized carbons (Fsp3) is 0.286. The van der Waals surface area contributed by atoms with Crippen LogP contribution in [0, 0.1) is 6.92 Å². The number of amides is 1. The van der Waals surface area contributed by atoms with Crippen molar-refractivity contribution in [2.45, 2.75) is 20.0 Å². The van der Waals surface area contributed by atoms with Crippen molar-refractivity contribution in [2.24, 2.45) is 12.8 Å². The molecule has 0 unspecified atom stereocenters. The van der Waals surface area contributed by atoms with Gasteiger partial charge in [-0.05, 0) is 24.6 Å². The molecule has 1 aromatic heterocycles. The number of aryl methyl sites for hydroxylation is 2. The van der Waals surface area contributed by atoms with Crippen LogP contribution in [0.2, 0.25) is 5.02 Å². The number of hydrogen-bond acceptors (Lipinski definition) is 3. The van der Waals surface area contributed by atoms with Crippen molar-refractivity contribution in [3.63, 3.8) is 0 Å². The molecule has 2 aromatic rings. The normalized spacial score (nSPS) is 10.8. The first-order valence-corrected chi connectivity index (χ1v) is 6.63. The van der Waals surface area contributed by atoms with E-state index >= 15 is 0 Å². The lowest BCUT2D eigenvalue weighted by Crippen LogP contribution is -2.14. The highest BCUT2D eigenvalue weighted by Gasteiger charge is 2.06. The number of nitrogens with zero attached hydrogens (tertiary/aromatic N) is 2. The van der Waals surface area contributed by atoms with Crippen LogP contribution in [0.15, 0.2) is 24.4 Å². The predicted octanol–water partition coefficient (Wildman–Crippen LogP) is 1.77. The Balaban J connectivity index is 1.97. The van der Waals surface area contributed by atoms with Crippen molar-refractivity contribution in [1.82, 2.24) is 15.1 Å². The monoisotopic (exact) mass is 292 g/mol. The number of aromatic nitrogens is 2. The third-order valence-corrected chi connectivity index (χ3v) is 3.44. The van der Waals surface area contributed by atoms with Gasteiger partial charge in [0, 0.05) is 42.5 Å². The number of nitrogens with two attached hydrogens (primary N) is 1. The Bertz CT molecular complexity index is 636. The van der Waals surface area contributed by atoms with Crippen molar-refractivity contribution < 1.29 is 4.79 Å². The molecule has 0 saturated heterocycles. The molecule has 0 spiro atoms. The van der Waals surface area contributed by atoms with Crippen molar-refractivity contribution in [3.8, 4) is 0 Å². The van der Waals surface area contributed by atoms with Crippen molar-refractivity contribution >= 4 is 17.5 Å². The predicted molar refractivity (Wildman–Crippen MR) is 78.5 cm³/mol. The maximum Gasteiger partial charge on any atom is 0.248 e. The van der Waals surface area contributed by atoms with Crippen LogP contribution >= 0.6 is 11.6 Å². The van der Waals surface area contributed by atoms with E-state index in [2.05, 4.69) is 10.4 Å². The second-order valence-corrected chi connectivity index (χ2v) is 5.09. The number of halogens is 1. The summed E-state index contributed by atoms with van der Waals surface area (Å²) in [6.07, 6.45) is 1.99. The Morgan fingerprint density at radius 3 is 2.65 bits per heavy atom. The quantitative estimate of drug-likeness (QED) is 0.882. The number of carbonyl (C=O) groups is 1. The standard InChI is InChI=1S/C14H17ClN4O/c1-9-12(8-19(2)18-9)7-17-6-11-4-3-10(14(16)20)5-13(11)15/h3-5,8,17H,6-7H2,1-2H3,(H2,16,20). The summed E-state index contributed by atoms with van der Waals surface area (Å²) in [7, 11) is 1.90. The van der Waals surface area contributed by atoms with Gasteiger partial charge in [-0.25, -0.2) is 0 Å². The van der Waals surface area contributed by atoms with Crippen LogP contribution < -0.4 is 11.1 Å². The fourth-order valence-electron chi connectivity index (χ4n) is 2.00. The Hall–Kier alpha value is -1.85. The van der Waals surface area contributed by atoms with Crippen LogP contribution in [-0.2, 0) is 20.1 Å². The first-order valence-electron chi connectivity index (χ1n) is 6.25. The molecule has 0 aliphatic heterocycles. The molecule has 20 heavy (non-hydrogen) atoms. The largest absolute Gasteiger partial charge is 0.366 e. The van der Waals surface area contributed by atoms with E-state index in [4.69, 9.17) is 17.3 Å². The smallest absolute Gasteiger partial charge is 0.248 e. The second-order valence-electron chi connectivity index (χ2n) is 4.69. The average Bonchev–Trinajstić information content (AvgIpc) is 2.69. The summed E-state index contributed by atoms with van der Waals surface area (Å²) in [6, 6.07) is 5.09. The molecule has 0 aliphatic rings. The van der Waals surface area contributed by atoms with Crippen LogP contribution in [-0.4, -0.2) is 15.7 Å². The molecule has 1 heterocycles. The summed E-state index contributed by atoms with van der Waals surface area (Å²) < 4.78 is 1.79. The molecule has 0 atom stereocenters. The summed E-state index contributed by atoms with van der Waals surface area (Å²) in [6.45, 7) is 3.31. The van der Waals surface area contributed by atoms with E-state index in [1.54, 1.807) is 16.8 Å². The van der Waals surface area contributed by atoms with E-state index in [9.17, 15) is 4.79 Å². The van der Waals surface area contributed by atoms with E-state index in [0.717, 1.165) is 16.8 Å². The number of hydrogen-bond donors (Lipinski definition) is 2. The number of carbonyl (C=O) groups excluding carboxylic acids is 1. The lowest BCUT2D eigenvalue weighted by atomic mass is 10.1. The van der Waals surface area contributed by atoms with Crippen LogP contribution in [0.25, 0.3) is 0 Å². The zero-order chi connectivity index (χ0) is 14.7. The molecule has 1 amide bonds. The van der Waals surface area contributed by atoms with Gasteiger partial charge in [-0.2, -0.15) is 5.10 Å². The van der Waals surface area contributed by atoms with Gasteiger partial charge in [-0.3, -0.25) is 9.48 Å². The van der Waals surface area contributed by atoms with E-state index < -0.39 is 5.91 Å². The summed E-state index contributed by atoms with van der Waals surface area (Å²) in [4.78, 5) is 11.0. The van der Waals surface area contributed by atoms with Gasteiger partial charge in [0.2, 0.25) is 5.91 Å². The van der Waals surface area contributed by atoms with E-state index in [1.165, 1.54) is 0 Å². The molecule has 0 saturated carbocycles. The van der Waals surface area contributed by atoms with Crippen LogP contribution in [0.3, 0.4) is 0 Å². The summed E-state index contributed by atoms with van der Waals surface area (Å²) in [5.41, 5.74) is 8.71. The molecular formula is C14H17ClN4O. The highest BCUT2D eigenvalue weighted by atomic mass is 35.5. The second kappa shape index (κ2) is 6.07. The maximum absolute atomic E-state index is 11.0. The van der Waals surface area contributed by atoms with Crippen LogP contribution in [0.1, 0.15) is 27.2 Å². The zero-order valence-electron chi connectivity index (χ0n) is 11.5. The highest BCUT2D eigenvalue weighted by molar-refractivity contribution is 6.31. The SMILES string of the molecule is Cc1nn(C)cc1CNCc1ccc(C(N)=O)cc1Cl. The molecule has 0 aliphatic carbocycles. The third kappa shape index (κ3) is 3.37. The number of nitrogens with one attached hydrogen (secondary N) is 1. The van der Waals surface area contributed by atoms with Crippen LogP contribution in [0.4, 0.5) is 0 Å². The minimum Gasteiger partial charge on any atom is -0.366 e. The number of primary amides is 1. The summed E-state index contributed by atoms with van der Waals surface area (Å²) in [5.74, 6) is -0.475. The molecule has 0 bridgehead atoms. The Morgan fingerprint density at radius 2 is 2.10 bits per heavy atom. The fourth-order valence-corrected chi connectivity index (χ4v) is 2.25. The number of rotatable bonds is 5. The zero-order valence-corrected chi connectivity index (χ0v) is 12.2. The maximum atomic E-state index is 11.0. The Kier molecular flexibility index (Phi) is 4.42. The molecular weight excluding hydrogens is 276 g/mol. The Morgan fingerprint density at radius 1 is 1.40 bits per heavy atom. The van der Waals surface area contributed by atoms with Gasteiger partial charge in [0.05, 0.1) is 5.69 Å².